The van der Waals surface area contributed by atoms with Crippen LogP contribution in [0.5, 0.6) is 11.5 Å². The van der Waals surface area contributed by atoms with E-state index in [0.29, 0.717) is 39.4 Å². The summed E-state index contributed by atoms with van der Waals surface area (Å²) in [5.41, 5.74) is 0.770. The van der Waals surface area contributed by atoms with Crippen molar-refractivity contribution in [1.29, 1.82) is 0 Å². The number of anilines is 1. The first-order chi connectivity index (χ1) is 14.0. The molecule has 1 aliphatic rings. The molecule has 0 saturated carbocycles. The van der Waals surface area contributed by atoms with Gasteiger partial charge in [-0.2, -0.15) is 4.98 Å². The molecule has 8 heteroatoms. The van der Waals surface area contributed by atoms with Gasteiger partial charge in [0.25, 0.3) is 5.56 Å². The maximum atomic E-state index is 13.0. The Labute approximate surface area is 173 Å². The molecular formula is C21H23N3O4S. The molecule has 0 radical (unpaired) electrons. The third-order valence-corrected chi connectivity index (χ3v) is 5.61. The van der Waals surface area contributed by atoms with Gasteiger partial charge in [-0.3, -0.25) is 9.59 Å². The number of nitrogens with one attached hydrogen (secondary N) is 1. The molecule has 0 unspecified atom stereocenters. The molecule has 29 heavy (non-hydrogen) atoms. The molecule has 1 aromatic heterocycles. The van der Waals surface area contributed by atoms with E-state index in [4.69, 9.17) is 9.47 Å². The molecule has 0 fully saturated rings. The fourth-order valence-corrected chi connectivity index (χ4v) is 4.03. The van der Waals surface area contributed by atoms with Crippen molar-refractivity contribution in [3.05, 3.63) is 65.0 Å². The van der Waals surface area contributed by atoms with Crippen molar-refractivity contribution < 1.29 is 14.3 Å². The number of nitrogens with zero attached hydrogens (tertiary/aromatic N) is 2. The Kier molecular flexibility index (Phi) is 6.43. The SMILES string of the molecule is C=CCOc1c(OC)cccc1[C@@H]1CC(=O)Nc2c1c(=O)nc(SCC=C)n2C. The van der Waals surface area contributed by atoms with Gasteiger partial charge in [0.15, 0.2) is 16.7 Å². The fourth-order valence-electron chi connectivity index (χ4n) is 3.33. The van der Waals surface area contributed by atoms with E-state index < -0.39 is 5.92 Å². The first-order valence-electron chi connectivity index (χ1n) is 9.06. The Balaban J connectivity index is 2.19. The number of amides is 1. The van der Waals surface area contributed by atoms with Crippen LogP contribution in [0.25, 0.3) is 0 Å². The number of carbonyl (C=O) groups excluding carboxylic acids is 1. The maximum absolute atomic E-state index is 13.0. The molecular weight excluding hydrogens is 390 g/mol. The van der Waals surface area contributed by atoms with Crippen molar-refractivity contribution in [2.24, 2.45) is 7.05 Å². The Morgan fingerprint density at radius 3 is 2.83 bits per heavy atom. The Morgan fingerprint density at radius 2 is 2.14 bits per heavy atom. The summed E-state index contributed by atoms with van der Waals surface area (Å²) in [6.45, 7) is 7.64. The highest BCUT2D eigenvalue weighted by atomic mass is 32.2. The number of aromatic nitrogens is 2. The largest absolute Gasteiger partial charge is 0.493 e. The molecule has 152 valence electrons. The molecule has 3 rings (SSSR count). The van der Waals surface area contributed by atoms with Crippen LogP contribution >= 0.6 is 11.8 Å². The molecule has 0 spiro atoms. The maximum Gasteiger partial charge on any atom is 0.279 e. The highest BCUT2D eigenvalue weighted by molar-refractivity contribution is 7.99. The lowest BCUT2D eigenvalue weighted by Gasteiger charge is -2.28. The van der Waals surface area contributed by atoms with Gasteiger partial charge in [0, 0.05) is 30.7 Å². The van der Waals surface area contributed by atoms with E-state index in [1.165, 1.54) is 11.8 Å². The van der Waals surface area contributed by atoms with Gasteiger partial charge in [-0.25, -0.2) is 0 Å². The minimum Gasteiger partial charge on any atom is -0.493 e. The summed E-state index contributed by atoms with van der Waals surface area (Å²) in [4.78, 5) is 29.7. The van der Waals surface area contributed by atoms with Gasteiger partial charge in [0.1, 0.15) is 12.4 Å². The summed E-state index contributed by atoms with van der Waals surface area (Å²) in [5.74, 6) is 1.40. The summed E-state index contributed by atoms with van der Waals surface area (Å²) < 4.78 is 13.0. The second-order valence-electron chi connectivity index (χ2n) is 6.40. The zero-order valence-electron chi connectivity index (χ0n) is 16.4. The van der Waals surface area contributed by atoms with Gasteiger partial charge >= 0.3 is 0 Å². The van der Waals surface area contributed by atoms with Crippen molar-refractivity contribution >= 4 is 23.5 Å². The summed E-state index contributed by atoms with van der Waals surface area (Å²) in [5, 5.41) is 3.35. The first kappa shape index (κ1) is 20.7. The Morgan fingerprint density at radius 1 is 1.34 bits per heavy atom. The van der Waals surface area contributed by atoms with Crippen LogP contribution in [0.1, 0.15) is 23.5 Å². The van der Waals surface area contributed by atoms with Crippen LogP contribution in [0.4, 0.5) is 5.82 Å². The van der Waals surface area contributed by atoms with E-state index in [2.05, 4.69) is 23.5 Å². The van der Waals surface area contributed by atoms with Gasteiger partial charge in [-0.1, -0.05) is 42.6 Å². The molecule has 1 amide bonds. The van der Waals surface area contributed by atoms with E-state index in [0.717, 1.165) is 0 Å². The number of methoxy groups -OCH3 is 1. The minimum absolute atomic E-state index is 0.112. The first-order valence-corrected chi connectivity index (χ1v) is 10.0. The lowest BCUT2D eigenvalue weighted by Crippen LogP contribution is -2.33. The van der Waals surface area contributed by atoms with Gasteiger partial charge in [-0.05, 0) is 6.07 Å². The standard InChI is InChI=1S/C21H23N3O4S/c1-5-10-28-18-13(8-7-9-15(18)27-4)14-12-16(25)22-19-17(14)20(26)23-21(24(19)3)29-11-6-2/h5-9,14H,1-2,10-12H2,3-4H3,(H,22,25)/t14-/m0/s1. The lowest BCUT2D eigenvalue weighted by molar-refractivity contribution is -0.116. The highest BCUT2D eigenvalue weighted by Gasteiger charge is 2.34. The highest BCUT2D eigenvalue weighted by Crippen LogP contribution is 2.43. The van der Waals surface area contributed by atoms with Gasteiger partial charge in [-0.15, -0.1) is 6.58 Å². The predicted octanol–water partition coefficient (Wildman–Crippen LogP) is 3.11. The third-order valence-electron chi connectivity index (χ3n) is 4.58. The molecule has 1 aromatic carbocycles. The van der Waals surface area contributed by atoms with Gasteiger partial charge in [0.2, 0.25) is 5.91 Å². The number of thioether (sulfide) groups is 1. The monoisotopic (exact) mass is 413 g/mol. The summed E-state index contributed by atoms with van der Waals surface area (Å²) >= 11 is 1.38. The van der Waals surface area contributed by atoms with Crippen LogP contribution in [0.15, 0.2) is 53.5 Å². The van der Waals surface area contributed by atoms with Gasteiger partial charge in [0.05, 0.1) is 12.7 Å². The molecule has 2 heterocycles. The zero-order valence-corrected chi connectivity index (χ0v) is 17.3. The van der Waals surface area contributed by atoms with Crippen molar-refractivity contribution in [3.8, 4) is 11.5 Å². The second-order valence-corrected chi connectivity index (χ2v) is 7.39. The molecule has 2 aromatic rings. The minimum atomic E-state index is -0.502. The molecule has 0 bridgehead atoms. The summed E-state index contributed by atoms with van der Waals surface area (Å²) in [7, 11) is 3.32. The molecule has 1 N–H and O–H groups in total. The fraction of sp³-hybridized carbons (Fsp3) is 0.286. The van der Waals surface area contributed by atoms with Crippen LogP contribution in [0, 0.1) is 0 Å². The van der Waals surface area contributed by atoms with E-state index in [-0.39, 0.29) is 24.5 Å². The number of benzene rings is 1. The van der Waals surface area contributed by atoms with Crippen molar-refractivity contribution in [2.45, 2.75) is 17.5 Å². The van der Waals surface area contributed by atoms with Crippen LogP contribution in [0.2, 0.25) is 0 Å². The van der Waals surface area contributed by atoms with Crippen molar-refractivity contribution in [1.82, 2.24) is 9.55 Å². The van der Waals surface area contributed by atoms with Crippen molar-refractivity contribution in [3.63, 3.8) is 0 Å². The summed E-state index contributed by atoms with van der Waals surface area (Å²) in [6.07, 6.45) is 3.47. The normalized spacial score (nSPS) is 15.2. The number of hydrogen-bond acceptors (Lipinski definition) is 6. The summed E-state index contributed by atoms with van der Waals surface area (Å²) in [6, 6.07) is 5.43. The van der Waals surface area contributed by atoms with Crippen molar-refractivity contribution in [2.75, 3.05) is 24.8 Å². The number of carbonyl (C=O) groups is 1. The Hall–Kier alpha value is -3.00. The molecule has 7 nitrogen and oxygen atoms in total. The van der Waals surface area contributed by atoms with E-state index >= 15 is 0 Å². The van der Waals surface area contributed by atoms with E-state index in [1.807, 2.05) is 12.1 Å². The van der Waals surface area contributed by atoms with E-state index in [1.54, 1.807) is 36.9 Å². The predicted molar refractivity (Wildman–Crippen MR) is 114 cm³/mol. The van der Waals surface area contributed by atoms with E-state index in [9.17, 15) is 9.59 Å². The molecule has 1 atom stereocenters. The van der Waals surface area contributed by atoms with Crippen LogP contribution in [-0.2, 0) is 11.8 Å². The Bertz CT molecular complexity index is 1020. The topological polar surface area (TPSA) is 82.4 Å². The third kappa shape index (κ3) is 4.07. The van der Waals surface area contributed by atoms with Crippen LogP contribution in [-0.4, -0.2) is 34.9 Å². The molecule has 0 saturated heterocycles. The average molecular weight is 413 g/mol. The second kappa shape index (κ2) is 9.00. The molecule has 0 aliphatic carbocycles. The number of para-hydroxylation sites is 1. The van der Waals surface area contributed by atoms with Crippen LogP contribution in [0.3, 0.4) is 0 Å². The average Bonchev–Trinajstić information content (AvgIpc) is 2.72. The zero-order chi connectivity index (χ0) is 21.0. The number of hydrogen-bond donors (Lipinski definition) is 1. The molecule has 1 aliphatic heterocycles. The number of ether oxygens (including phenoxy) is 2. The quantitative estimate of drug-likeness (QED) is 0.407. The van der Waals surface area contributed by atoms with Gasteiger partial charge < -0.3 is 19.4 Å². The number of rotatable bonds is 8. The number of fused-ring (bicyclic) bond motifs is 1. The van der Waals surface area contributed by atoms with Crippen LogP contribution < -0.4 is 20.3 Å². The lowest BCUT2D eigenvalue weighted by atomic mass is 9.86. The smallest absolute Gasteiger partial charge is 0.279 e.